The summed E-state index contributed by atoms with van der Waals surface area (Å²) < 4.78 is 65.7. The number of alkyl halides is 3. The van der Waals surface area contributed by atoms with Gasteiger partial charge in [-0.1, -0.05) is 15.9 Å². The van der Waals surface area contributed by atoms with Crippen molar-refractivity contribution in [2.24, 2.45) is 5.92 Å². The Kier molecular flexibility index (Phi) is 5.23. The minimum Gasteiger partial charge on any atom is -0.208 e. The SMILES string of the molecule is Cc1cc(S(=O)(=O)NC2CCC(C(F)(F)F)CC2)ccc1Br. The third kappa shape index (κ3) is 4.23. The van der Waals surface area contributed by atoms with E-state index in [-0.39, 0.29) is 30.6 Å². The van der Waals surface area contributed by atoms with E-state index in [0.29, 0.717) is 0 Å². The zero-order valence-corrected chi connectivity index (χ0v) is 14.4. The molecule has 22 heavy (non-hydrogen) atoms. The number of aryl methyl sites for hydroxylation is 1. The zero-order chi connectivity index (χ0) is 16.5. The summed E-state index contributed by atoms with van der Waals surface area (Å²) in [5.41, 5.74) is 0.781. The Labute approximate surface area is 136 Å². The van der Waals surface area contributed by atoms with Gasteiger partial charge >= 0.3 is 6.18 Å². The van der Waals surface area contributed by atoms with Crippen molar-refractivity contribution >= 4 is 26.0 Å². The molecule has 1 aromatic rings. The van der Waals surface area contributed by atoms with E-state index in [1.165, 1.54) is 12.1 Å². The Morgan fingerprint density at radius 2 is 1.77 bits per heavy atom. The predicted molar refractivity (Wildman–Crippen MR) is 81.0 cm³/mol. The largest absolute Gasteiger partial charge is 0.391 e. The summed E-state index contributed by atoms with van der Waals surface area (Å²) in [6.45, 7) is 1.78. The van der Waals surface area contributed by atoms with Gasteiger partial charge in [-0.2, -0.15) is 13.2 Å². The first kappa shape index (κ1) is 17.7. The summed E-state index contributed by atoms with van der Waals surface area (Å²) in [6, 6.07) is 4.21. The van der Waals surface area contributed by atoms with Gasteiger partial charge in [0.25, 0.3) is 0 Å². The quantitative estimate of drug-likeness (QED) is 0.829. The molecule has 0 bridgehead atoms. The van der Waals surface area contributed by atoms with E-state index in [1.54, 1.807) is 13.0 Å². The molecule has 0 saturated heterocycles. The number of benzene rings is 1. The molecule has 2 rings (SSSR count). The lowest BCUT2D eigenvalue weighted by Crippen LogP contribution is -2.40. The normalized spacial score (nSPS) is 23.5. The summed E-state index contributed by atoms with van der Waals surface area (Å²) in [7, 11) is -3.70. The molecule has 124 valence electrons. The highest BCUT2D eigenvalue weighted by atomic mass is 79.9. The van der Waals surface area contributed by atoms with Crippen LogP contribution in [0.15, 0.2) is 27.6 Å². The first-order valence-corrected chi connectivity index (χ1v) is 9.22. The molecule has 1 N–H and O–H groups in total. The number of sulfonamides is 1. The van der Waals surface area contributed by atoms with Gasteiger partial charge in [0, 0.05) is 10.5 Å². The van der Waals surface area contributed by atoms with Crippen molar-refractivity contribution in [2.45, 2.75) is 49.7 Å². The van der Waals surface area contributed by atoms with Crippen molar-refractivity contribution in [2.75, 3.05) is 0 Å². The highest BCUT2D eigenvalue weighted by Gasteiger charge is 2.41. The second-order valence-electron chi connectivity index (χ2n) is 5.62. The van der Waals surface area contributed by atoms with E-state index >= 15 is 0 Å². The van der Waals surface area contributed by atoms with Gasteiger partial charge in [0.15, 0.2) is 0 Å². The molecule has 0 radical (unpaired) electrons. The number of hydrogen-bond donors (Lipinski definition) is 1. The Bertz CT molecular complexity index is 638. The molecule has 1 aliphatic carbocycles. The van der Waals surface area contributed by atoms with E-state index in [9.17, 15) is 21.6 Å². The molecule has 1 saturated carbocycles. The van der Waals surface area contributed by atoms with E-state index in [2.05, 4.69) is 20.7 Å². The van der Waals surface area contributed by atoms with Gasteiger partial charge in [-0.15, -0.1) is 0 Å². The van der Waals surface area contributed by atoms with Crippen molar-refractivity contribution in [3.63, 3.8) is 0 Å². The highest BCUT2D eigenvalue weighted by Crippen LogP contribution is 2.37. The van der Waals surface area contributed by atoms with Crippen LogP contribution in [0.4, 0.5) is 13.2 Å². The standard InChI is InChI=1S/C14H17BrF3NO2S/c1-9-8-12(6-7-13(9)15)22(20,21)19-11-4-2-10(3-5-11)14(16,17)18/h6-8,10-11,19H,2-5H2,1H3. The van der Waals surface area contributed by atoms with E-state index < -0.39 is 28.2 Å². The Morgan fingerprint density at radius 1 is 1.18 bits per heavy atom. The molecule has 0 aromatic heterocycles. The first-order valence-electron chi connectivity index (χ1n) is 6.95. The smallest absolute Gasteiger partial charge is 0.208 e. The first-order chi connectivity index (χ1) is 10.1. The van der Waals surface area contributed by atoms with Crippen LogP contribution in [0.3, 0.4) is 0 Å². The lowest BCUT2D eigenvalue weighted by molar-refractivity contribution is -0.182. The predicted octanol–water partition coefficient (Wildman–Crippen LogP) is 4.16. The van der Waals surface area contributed by atoms with Crippen LogP contribution in [0.25, 0.3) is 0 Å². The van der Waals surface area contributed by atoms with Crippen LogP contribution in [0.1, 0.15) is 31.2 Å². The van der Waals surface area contributed by atoms with Gasteiger partial charge in [-0.25, -0.2) is 13.1 Å². The molecule has 1 fully saturated rings. The summed E-state index contributed by atoms with van der Waals surface area (Å²) >= 11 is 3.30. The lowest BCUT2D eigenvalue weighted by Gasteiger charge is -2.30. The molecule has 0 aliphatic heterocycles. The van der Waals surface area contributed by atoms with Gasteiger partial charge in [0.2, 0.25) is 10.0 Å². The van der Waals surface area contributed by atoms with E-state index in [1.807, 2.05) is 0 Å². The van der Waals surface area contributed by atoms with Crippen molar-refractivity contribution in [1.29, 1.82) is 0 Å². The van der Waals surface area contributed by atoms with Crippen LogP contribution >= 0.6 is 15.9 Å². The average Bonchev–Trinajstić information content (AvgIpc) is 2.41. The van der Waals surface area contributed by atoms with E-state index in [4.69, 9.17) is 0 Å². The number of hydrogen-bond acceptors (Lipinski definition) is 2. The van der Waals surface area contributed by atoms with Gasteiger partial charge in [0.1, 0.15) is 0 Å². The number of nitrogens with one attached hydrogen (secondary N) is 1. The fourth-order valence-corrected chi connectivity index (χ4v) is 4.25. The van der Waals surface area contributed by atoms with Crippen LogP contribution in [0.2, 0.25) is 0 Å². The average molecular weight is 400 g/mol. The highest BCUT2D eigenvalue weighted by molar-refractivity contribution is 9.10. The third-order valence-corrected chi connectivity index (χ3v) is 6.36. The second-order valence-corrected chi connectivity index (χ2v) is 8.19. The molecule has 0 atom stereocenters. The fourth-order valence-electron chi connectivity index (χ4n) is 2.61. The minimum atomic E-state index is -4.19. The van der Waals surface area contributed by atoms with Crippen LogP contribution in [-0.4, -0.2) is 20.6 Å². The third-order valence-electron chi connectivity index (χ3n) is 3.95. The minimum absolute atomic E-state index is 0.0317. The maximum Gasteiger partial charge on any atom is 0.391 e. The van der Waals surface area contributed by atoms with Crippen LogP contribution in [0.5, 0.6) is 0 Å². The molecule has 0 heterocycles. The van der Waals surface area contributed by atoms with E-state index in [0.717, 1.165) is 10.0 Å². The maximum absolute atomic E-state index is 12.6. The zero-order valence-electron chi connectivity index (χ0n) is 12.0. The van der Waals surface area contributed by atoms with Crippen molar-refractivity contribution in [3.8, 4) is 0 Å². The Balaban J connectivity index is 2.03. The molecule has 0 amide bonds. The summed E-state index contributed by atoms with van der Waals surface area (Å²) in [5.74, 6) is -1.32. The van der Waals surface area contributed by atoms with Gasteiger partial charge in [-0.3, -0.25) is 0 Å². The van der Waals surface area contributed by atoms with Gasteiger partial charge < -0.3 is 0 Å². The maximum atomic E-state index is 12.6. The van der Waals surface area contributed by atoms with Crippen LogP contribution in [-0.2, 0) is 10.0 Å². The molecule has 3 nitrogen and oxygen atoms in total. The second kappa shape index (κ2) is 6.49. The van der Waals surface area contributed by atoms with Crippen molar-refractivity contribution in [1.82, 2.24) is 4.72 Å². The number of halogens is 4. The molecular weight excluding hydrogens is 383 g/mol. The molecule has 0 unspecified atom stereocenters. The van der Waals surface area contributed by atoms with Crippen LogP contribution < -0.4 is 4.72 Å². The van der Waals surface area contributed by atoms with Gasteiger partial charge in [0.05, 0.1) is 10.8 Å². The Morgan fingerprint density at radius 3 is 2.27 bits per heavy atom. The topological polar surface area (TPSA) is 46.2 Å². The summed E-state index contributed by atoms with van der Waals surface area (Å²) in [5, 5.41) is 0. The molecular formula is C14H17BrF3NO2S. The fraction of sp³-hybridized carbons (Fsp3) is 0.571. The van der Waals surface area contributed by atoms with Gasteiger partial charge in [-0.05, 0) is 56.4 Å². The van der Waals surface area contributed by atoms with Crippen molar-refractivity contribution < 1.29 is 21.6 Å². The van der Waals surface area contributed by atoms with Crippen LogP contribution in [0, 0.1) is 12.8 Å². The number of rotatable bonds is 3. The molecule has 8 heteroatoms. The monoisotopic (exact) mass is 399 g/mol. The molecule has 1 aliphatic rings. The summed E-state index contributed by atoms with van der Waals surface area (Å²) in [4.78, 5) is 0.131. The summed E-state index contributed by atoms with van der Waals surface area (Å²) in [6.07, 6.45) is -3.84. The molecule has 1 aromatic carbocycles. The molecule has 0 spiro atoms. The lowest BCUT2D eigenvalue weighted by atomic mass is 9.86. The Hall–Kier alpha value is -0.600. The van der Waals surface area contributed by atoms with Crippen molar-refractivity contribution in [3.05, 3.63) is 28.2 Å².